The second-order valence-electron chi connectivity index (χ2n) is 6.39. The molecule has 1 fully saturated rings. The van der Waals surface area contributed by atoms with E-state index in [9.17, 15) is 14.4 Å². The van der Waals surface area contributed by atoms with Crippen molar-refractivity contribution in [2.24, 2.45) is 4.99 Å². The number of hydrogen-bond donors (Lipinski definition) is 2. The van der Waals surface area contributed by atoms with E-state index in [1.165, 1.54) is 11.8 Å². The molecular weight excluding hydrogens is 426 g/mol. The molecule has 9 heteroatoms. The number of anilines is 1. The standard InChI is InChI=1S/C21H20ClN3O4S/c1-2-29-20(28)14-5-9-16(10-6-14)24-19(27)17-11-18(26)25-21(30-17)23-12-13-3-7-15(22)8-4-13/h3-10,17H,2,11-12H2,1H3,(H,24,27)(H,23,25,26). The Kier molecular flexibility index (Phi) is 7.48. The van der Waals surface area contributed by atoms with E-state index in [2.05, 4.69) is 15.6 Å². The lowest BCUT2D eigenvalue weighted by Gasteiger charge is -2.22. The minimum atomic E-state index is -0.604. The number of esters is 1. The van der Waals surface area contributed by atoms with Crippen molar-refractivity contribution in [3.8, 4) is 0 Å². The van der Waals surface area contributed by atoms with Crippen LogP contribution >= 0.6 is 23.4 Å². The summed E-state index contributed by atoms with van der Waals surface area (Å²) in [5, 5.41) is 5.90. The Morgan fingerprint density at radius 2 is 1.90 bits per heavy atom. The van der Waals surface area contributed by atoms with E-state index in [1.54, 1.807) is 43.3 Å². The van der Waals surface area contributed by atoms with Gasteiger partial charge in [-0.05, 0) is 48.9 Å². The van der Waals surface area contributed by atoms with Crippen molar-refractivity contribution in [2.75, 3.05) is 11.9 Å². The quantitative estimate of drug-likeness (QED) is 0.662. The second-order valence-corrected chi connectivity index (χ2v) is 8.02. The Hall–Kier alpha value is -2.84. The number of benzene rings is 2. The number of nitrogens with one attached hydrogen (secondary N) is 2. The Morgan fingerprint density at radius 3 is 2.57 bits per heavy atom. The van der Waals surface area contributed by atoms with Gasteiger partial charge in [-0.1, -0.05) is 35.5 Å². The maximum Gasteiger partial charge on any atom is 0.338 e. The Morgan fingerprint density at radius 1 is 1.20 bits per heavy atom. The van der Waals surface area contributed by atoms with E-state index in [-0.39, 0.29) is 18.2 Å². The number of carbonyl (C=O) groups is 3. The summed E-state index contributed by atoms with van der Waals surface area (Å²) >= 11 is 7.08. The molecule has 2 N–H and O–H groups in total. The highest BCUT2D eigenvalue weighted by Crippen LogP contribution is 2.23. The first-order valence-corrected chi connectivity index (χ1v) is 10.5. The number of hydrogen-bond acceptors (Lipinski definition) is 6. The topological polar surface area (TPSA) is 96.9 Å². The van der Waals surface area contributed by atoms with Crippen LogP contribution in [0, 0.1) is 0 Å². The van der Waals surface area contributed by atoms with E-state index >= 15 is 0 Å². The van der Waals surface area contributed by atoms with Crippen molar-refractivity contribution in [2.45, 2.75) is 25.1 Å². The van der Waals surface area contributed by atoms with Crippen molar-refractivity contribution in [3.05, 3.63) is 64.7 Å². The molecule has 0 radical (unpaired) electrons. The molecule has 1 saturated heterocycles. The SMILES string of the molecule is CCOC(=O)c1ccc(NC(=O)C2CC(=O)NC(=NCc3ccc(Cl)cc3)S2)cc1. The molecule has 1 atom stereocenters. The molecule has 3 rings (SSSR count). The number of thioether (sulfide) groups is 1. The lowest BCUT2D eigenvalue weighted by Crippen LogP contribution is -2.42. The molecule has 0 saturated carbocycles. The summed E-state index contributed by atoms with van der Waals surface area (Å²) in [7, 11) is 0. The van der Waals surface area contributed by atoms with E-state index in [0.717, 1.165) is 5.56 Å². The van der Waals surface area contributed by atoms with Crippen molar-refractivity contribution >= 4 is 52.0 Å². The molecule has 2 aromatic rings. The highest BCUT2D eigenvalue weighted by Gasteiger charge is 2.30. The molecule has 1 aliphatic rings. The zero-order valence-electron chi connectivity index (χ0n) is 16.2. The number of amidine groups is 1. The number of rotatable bonds is 6. The molecule has 0 bridgehead atoms. The van der Waals surface area contributed by atoms with Gasteiger partial charge in [0.1, 0.15) is 5.25 Å². The van der Waals surface area contributed by atoms with Gasteiger partial charge in [0, 0.05) is 17.1 Å². The lowest BCUT2D eigenvalue weighted by atomic mass is 10.2. The third-order valence-electron chi connectivity index (χ3n) is 4.15. The number of nitrogens with zero attached hydrogens (tertiary/aromatic N) is 1. The summed E-state index contributed by atoms with van der Waals surface area (Å²) < 4.78 is 4.93. The van der Waals surface area contributed by atoms with Gasteiger partial charge in [0.15, 0.2) is 5.17 Å². The molecule has 30 heavy (non-hydrogen) atoms. The van der Waals surface area contributed by atoms with Gasteiger partial charge in [-0.15, -0.1) is 0 Å². The number of carbonyl (C=O) groups excluding carboxylic acids is 3. The van der Waals surface area contributed by atoms with Crippen molar-refractivity contribution in [3.63, 3.8) is 0 Å². The van der Waals surface area contributed by atoms with Gasteiger partial charge >= 0.3 is 5.97 Å². The van der Waals surface area contributed by atoms with Crippen LogP contribution in [0.1, 0.15) is 29.3 Å². The normalized spacial score (nSPS) is 17.3. The maximum absolute atomic E-state index is 12.6. The summed E-state index contributed by atoms with van der Waals surface area (Å²) in [6, 6.07) is 13.6. The highest BCUT2D eigenvalue weighted by molar-refractivity contribution is 8.15. The average Bonchev–Trinajstić information content (AvgIpc) is 2.73. The molecule has 1 unspecified atom stereocenters. The van der Waals surface area contributed by atoms with Crippen LogP contribution in [-0.2, 0) is 20.9 Å². The first kappa shape index (κ1) is 21.9. The van der Waals surface area contributed by atoms with Crippen LogP contribution in [0.5, 0.6) is 0 Å². The van der Waals surface area contributed by atoms with Gasteiger partial charge in [0.05, 0.1) is 18.7 Å². The number of aliphatic imine (C=N–C) groups is 1. The maximum atomic E-state index is 12.6. The van der Waals surface area contributed by atoms with Gasteiger partial charge in [-0.3, -0.25) is 14.6 Å². The fourth-order valence-corrected chi connectivity index (χ4v) is 3.76. The molecule has 156 valence electrons. The molecule has 0 aromatic heterocycles. The molecule has 7 nitrogen and oxygen atoms in total. The minimum Gasteiger partial charge on any atom is -0.462 e. The Bertz CT molecular complexity index is 961. The van der Waals surface area contributed by atoms with Gasteiger partial charge in [-0.25, -0.2) is 4.79 Å². The average molecular weight is 446 g/mol. The zero-order valence-corrected chi connectivity index (χ0v) is 17.8. The van der Waals surface area contributed by atoms with E-state index < -0.39 is 11.2 Å². The lowest BCUT2D eigenvalue weighted by molar-refractivity contribution is -0.123. The highest BCUT2D eigenvalue weighted by atomic mass is 35.5. The molecular formula is C21H20ClN3O4S. The molecule has 0 aliphatic carbocycles. The van der Waals surface area contributed by atoms with Crippen LogP contribution in [0.3, 0.4) is 0 Å². The molecule has 1 aliphatic heterocycles. The molecule has 1 heterocycles. The number of amides is 2. The van der Waals surface area contributed by atoms with Crippen LogP contribution in [0.2, 0.25) is 5.02 Å². The summed E-state index contributed by atoms with van der Waals surface area (Å²) in [6.45, 7) is 2.39. The third-order valence-corrected chi connectivity index (χ3v) is 5.52. The van der Waals surface area contributed by atoms with Crippen LogP contribution in [-0.4, -0.2) is 34.8 Å². The van der Waals surface area contributed by atoms with Crippen LogP contribution in [0.15, 0.2) is 53.5 Å². The summed E-state index contributed by atoms with van der Waals surface area (Å²) in [5.74, 6) is -0.990. The van der Waals surface area contributed by atoms with Gasteiger partial charge in [0.2, 0.25) is 11.8 Å². The molecule has 2 amide bonds. The monoisotopic (exact) mass is 445 g/mol. The third kappa shape index (κ3) is 6.08. The number of ether oxygens (including phenoxy) is 1. The smallest absolute Gasteiger partial charge is 0.338 e. The fourth-order valence-electron chi connectivity index (χ4n) is 2.65. The molecule has 2 aromatic carbocycles. The fraction of sp³-hybridized carbons (Fsp3) is 0.238. The van der Waals surface area contributed by atoms with E-state index in [4.69, 9.17) is 16.3 Å². The number of halogens is 1. The van der Waals surface area contributed by atoms with E-state index in [0.29, 0.717) is 34.6 Å². The predicted molar refractivity (Wildman–Crippen MR) is 118 cm³/mol. The van der Waals surface area contributed by atoms with Gasteiger partial charge in [0.25, 0.3) is 0 Å². The molecule has 0 spiro atoms. The first-order chi connectivity index (χ1) is 14.4. The summed E-state index contributed by atoms with van der Waals surface area (Å²) in [5.41, 5.74) is 1.87. The van der Waals surface area contributed by atoms with Crippen LogP contribution < -0.4 is 10.6 Å². The predicted octanol–water partition coefficient (Wildman–Crippen LogP) is 3.63. The van der Waals surface area contributed by atoms with Crippen molar-refractivity contribution < 1.29 is 19.1 Å². The van der Waals surface area contributed by atoms with Crippen molar-refractivity contribution in [1.82, 2.24) is 5.32 Å². The van der Waals surface area contributed by atoms with Gasteiger partial charge < -0.3 is 15.4 Å². The Balaban J connectivity index is 1.61. The zero-order chi connectivity index (χ0) is 21.5. The first-order valence-electron chi connectivity index (χ1n) is 9.28. The largest absolute Gasteiger partial charge is 0.462 e. The van der Waals surface area contributed by atoms with Crippen molar-refractivity contribution in [1.29, 1.82) is 0 Å². The second kappa shape index (κ2) is 10.3. The van der Waals surface area contributed by atoms with Gasteiger partial charge in [-0.2, -0.15) is 0 Å². The van der Waals surface area contributed by atoms with E-state index in [1.807, 2.05) is 12.1 Å². The van der Waals surface area contributed by atoms with Crippen LogP contribution in [0.4, 0.5) is 5.69 Å². The summed E-state index contributed by atoms with van der Waals surface area (Å²) in [4.78, 5) is 40.7. The van der Waals surface area contributed by atoms with Crippen LogP contribution in [0.25, 0.3) is 0 Å². The minimum absolute atomic E-state index is 0.0530. The Labute approximate surface area is 183 Å². The summed E-state index contributed by atoms with van der Waals surface area (Å²) in [6.07, 6.45) is 0.0530.